The number of phenols is 1. The molecule has 1 heterocycles. The molecule has 0 spiro atoms. The number of Topliss-reactive ketones (excluding diaryl/α,β-unsaturated/α-hetero) is 2. The quantitative estimate of drug-likeness (QED) is 0.141. The molecular weight excluding hydrogens is 626 g/mol. The van der Waals surface area contributed by atoms with Crippen molar-refractivity contribution in [3.05, 3.63) is 149 Å². The maximum atomic E-state index is 15.1. The van der Waals surface area contributed by atoms with Gasteiger partial charge in [-0.1, -0.05) is 84.4 Å². The summed E-state index contributed by atoms with van der Waals surface area (Å²) in [5.74, 6) is -4.37. The van der Waals surface area contributed by atoms with E-state index in [-0.39, 0.29) is 41.3 Å². The molecule has 8 rings (SSSR count). The highest BCUT2D eigenvalue weighted by Gasteiger charge is 2.66. The average Bonchev–Trinajstić information content (AvgIpc) is 3.39. The summed E-state index contributed by atoms with van der Waals surface area (Å²) in [6, 6.07) is 30.4. The third-order valence-electron chi connectivity index (χ3n) is 11.5. The maximum absolute atomic E-state index is 15.1. The summed E-state index contributed by atoms with van der Waals surface area (Å²) >= 11 is 0. The Morgan fingerprint density at radius 2 is 1.50 bits per heavy atom. The highest BCUT2D eigenvalue weighted by atomic mass is 16.3. The second-order valence-electron chi connectivity index (χ2n) is 13.9. The van der Waals surface area contributed by atoms with Crippen molar-refractivity contribution in [3.63, 3.8) is 0 Å². The minimum absolute atomic E-state index is 0.115. The number of imide groups is 1. The lowest BCUT2D eigenvalue weighted by atomic mass is 9.44. The van der Waals surface area contributed by atoms with Gasteiger partial charge in [0.05, 0.1) is 22.9 Å². The summed E-state index contributed by atoms with van der Waals surface area (Å²) in [5.41, 5.74) is 3.51. The molecule has 7 nitrogen and oxygen atoms in total. The van der Waals surface area contributed by atoms with E-state index in [1.165, 1.54) is 17.9 Å². The zero-order valence-corrected chi connectivity index (χ0v) is 27.7. The van der Waals surface area contributed by atoms with Crippen LogP contribution in [0.4, 0.5) is 5.69 Å². The smallest absolute Gasteiger partial charge is 0.238 e. The number of nitrogens with zero attached hydrogens (tertiary/aromatic N) is 1. The van der Waals surface area contributed by atoms with Crippen LogP contribution >= 0.6 is 0 Å². The predicted octanol–water partition coefficient (Wildman–Crippen LogP) is 6.93. The number of amides is 2. The van der Waals surface area contributed by atoms with Crippen LogP contribution in [0.2, 0.25) is 0 Å². The first kappa shape index (κ1) is 31.6. The van der Waals surface area contributed by atoms with Gasteiger partial charge in [0.2, 0.25) is 11.8 Å². The minimum atomic E-state index is -1.33. The number of rotatable bonds is 5. The third-order valence-corrected chi connectivity index (χ3v) is 11.5. The number of benzene rings is 4. The number of allylic oxidation sites excluding steroid dienone is 4. The molecule has 4 aromatic rings. The fourth-order valence-electron chi connectivity index (χ4n) is 9.21. The zero-order valence-electron chi connectivity index (χ0n) is 27.7. The predicted molar refractivity (Wildman–Crippen MR) is 188 cm³/mol. The first-order chi connectivity index (χ1) is 24.1. The molecule has 2 fully saturated rings. The van der Waals surface area contributed by atoms with E-state index < -0.39 is 35.0 Å². The van der Waals surface area contributed by atoms with Crippen LogP contribution in [0.25, 0.3) is 5.57 Å². The summed E-state index contributed by atoms with van der Waals surface area (Å²) in [4.78, 5) is 71.8. The first-order valence-electron chi connectivity index (χ1n) is 17.0. The lowest BCUT2D eigenvalue weighted by molar-refractivity contribution is -0.135. The van der Waals surface area contributed by atoms with Crippen LogP contribution in [-0.2, 0) is 24.6 Å². The number of aromatic hydroxyl groups is 1. The van der Waals surface area contributed by atoms with Crippen LogP contribution in [0.3, 0.4) is 0 Å². The van der Waals surface area contributed by atoms with E-state index in [0.29, 0.717) is 39.9 Å². The molecule has 50 heavy (non-hydrogen) atoms. The normalized spacial score (nSPS) is 27.2. The number of ketones is 3. The molecule has 7 heteroatoms. The first-order valence-corrected chi connectivity index (χ1v) is 17.0. The van der Waals surface area contributed by atoms with Crippen molar-refractivity contribution in [2.45, 2.75) is 38.0 Å². The Morgan fingerprint density at radius 3 is 2.16 bits per heavy atom. The number of hydrogen-bond donors (Lipinski definition) is 1. The molecule has 248 valence electrons. The maximum Gasteiger partial charge on any atom is 0.238 e. The number of aryl methyl sites for hydroxylation is 1. The van der Waals surface area contributed by atoms with Crippen molar-refractivity contribution in [2.24, 2.45) is 23.7 Å². The Bertz CT molecular complexity index is 2170. The molecule has 0 radical (unpaired) electrons. The molecule has 1 aliphatic heterocycles. The van der Waals surface area contributed by atoms with Crippen molar-refractivity contribution in [2.75, 3.05) is 4.90 Å². The Labute approximate surface area is 289 Å². The monoisotopic (exact) mass is 661 g/mol. The summed E-state index contributed by atoms with van der Waals surface area (Å²) < 4.78 is 0. The van der Waals surface area contributed by atoms with Crippen LogP contribution in [0.15, 0.2) is 121 Å². The van der Waals surface area contributed by atoms with E-state index in [1.807, 2.05) is 78.9 Å². The largest absolute Gasteiger partial charge is 0.508 e. The molecule has 0 aromatic heterocycles. The van der Waals surface area contributed by atoms with E-state index in [2.05, 4.69) is 0 Å². The summed E-state index contributed by atoms with van der Waals surface area (Å²) in [6.45, 7) is 3.26. The van der Waals surface area contributed by atoms with E-state index in [9.17, 15) is 24.3 Å². The highest BCUT2D eigenvalue weighted by molar-refractivity contribution is 6.32. The summed E-state index contributed by atoms with van der Waals surface area (Å²) in [5, 5.41) is 10.6. The number of carbonyl (C=O) groups excluding carboxylic acids is 5. The van der Waals surface area contributed by atoms with Crippen LogP contribution in [0.1, 0.15) is 58.3 Å². The van der Waals surface area contributed by atoms with Gasteiger partial charge in [0, 0.05) is 23.0 Å². The summed E-state index contributed by atoms with van der Waals surface area (Å²) in [6.07, 6.45) is 4.05. The Morgan fingerprint density at radius 1 is 0.820 bits per heavy atom. The Kier molecular flexibility index (Phi) is 7.40. The van der Waals surface area contributed by atoms with Gasteiger partial charge in [-0.05, 0) is 91.3 Å². The highest BCUT2D eigenvalue weighted by Crippen LogP contribution is 2.63. The van der Waals surface area contributed by atoms with Crippen LogP contribution in [0, 0.1) is 30.6 Å². The molecule has 1 saturated heterocycles. The fourth-order valence-corrected chi connectivity index (χ4v) is 9.21. The second kappa shape index (κ2) is 11.7. The van der Waals surface area contributed by atoms with Gasteiger partial charge >= 0.3 is 0 Å². The molecule has 6 unspecified atom stereocenters. The van der Waals surface area contributed by atoms with Crippen molar-refractivity contribution < 1.29 is 29.1 Å². The number of fused-ring (bicyclic) bond motifs is 4. The molecular formula is C43H35NO6. The standard InChI is InChI=1S/C43H35NO6/c1-24-21-28(15-20-36(24)46)39-31-18-19-32-38(42(50)44(41(32)49)30-16-13-26(14-17-30)25(2)45)34(31)22-35-40(48)33(27-9-5-3-6-10-27)23-37(47)43(35,39)29-11-7-4-8-12-29/h3-18,20-21,23,32,34-35,38-39,46H,19,22H2,1-2H3. The fraction of sp³-hybridized carbons (Fsp3) is 0.233. The van der Waals surface area contributed by atoms with Crippen LogP contribution in [0.5, 0.6) is 5.75 Å². The molecule has 1 N–H and O–H groups in total. The Balaban J connectivity index is 1.33. The summed E-state index contributed by atoms with van der Waals surface area (Å²) in [7, 11) is 0. The second-order valence-corrected chi connectivity index (χ2v) is 13.9. The Hall–Kier alpha value is -5.69. The van der Waals surface area contributed by atoms with Crippen molar-refractivity contribution in [1.82, 2.24) is 0 Å². The van der Waals surface area contributed by atoms with Gasteiger partial charge < -0.3 is 5.11 Å². The SMILES string of the molecule is CC(=O)c1ccc(N2C(=O)C3CC=C4C(CC5C(=O)C(c6ccccc6)=CC(=O)C5(c5ccccc5)C4c4ccc(O)c(C)c4)C3C2=O)cc1. The van der Waals surface area contributed by atoms with Gasteiger partial charge in [0.25, 0.3) is 0 Å². The van der Waals surface area contributed by atoms with E-state index in [1.54, 1.807) is 37.3 Å². The molecule has 4 aromatic carbocycles. The van der Waals surface area contributed by atoms with Gasteiger partial charge in [-0.2, -0.15) is 0 Å². The van der Waals surface area contributed by atoms with E-state index in [0.717, 1.165) is 11.1 Å². The van der Waals surface area contributed by atoms with Crippen LogP contribution in [-0.4, -0.2) is 34.3 Å². The molecule has 3 aliphatic carbocycles. The number of hydrogen-bond acceptors (Lipinski definition) is 6. The van der Waals surface area contributed by atoms with Crippen molar-refractivity contribution >= 4 is 40.4 Å². The number of carbonyl (C=O) groups is 5. The molecule has 4 aliphatic rings. The average molecular weight is 662 g/mol. The zero-order chi connectivity index (χ0) is 34.9. The van der Waals surface area contributed by atoms with Gasteiger partial charge in [0.15, 0.2) is 17.3 Å². The van der Waals surface area contributed by atoms with Gasteiger partial charge in [-0.15, -0.1) is 0 Å². The molecule has 1 saturated carbocycles. The van der Waals surface area contributed by atoms with E-state index in [4.69, 9.17) is 0 Å². The molecule has 6 atom stereocenters. The van der Waals surface area contributed by atoms with Crippen molar-refractivity contribution in [3.8, 4) is 5.75 Å². The molecule has 2 amide bonds. The lowest BCUT2D eigenvalue weighted by Crippen LogP contribution is -2.58. The van der Waals surface area contributed by atoms with E-state index >= 15 is 4.79 Å². The lowest BCUT2D eigenvalue weighted by Gasteiger charge is -2.55. The van der Waals surface area contributed by atoms with Gasteiger partial charge in [-0.25, -0.2) is 0 Å². The third kappa shape index (κ3) is 4.53. The molecule has 0 bridgehead atoms. The topological polar surface area (TPSA) is 109 Å². The van der Waals surface area contributed by atoms with Gasteiger partial charge in [-0.3, -0.25) is 28.9 Å². The minimum Gasteiger partial charge on any atom is -0.508 e. The number of phenolic OH excluding ortho intramolecular Hbond substituents is 1. The van der Waals surface area contributed by atoms with Gasteiger partial charge in [0.1, 0.15) is 5.75 Å². The van der Waals surface area contributed by atoms with Crippen molar-refractivity contribution in [1.29, 1.82) is 0 Å². The van der Waals surface area contributed by atoms with Crippen LogP contribution < -0.4 is 4.90 Å². The number of anilines is 1.